The number of benzene rings is 1. The summed E-state index contributed by atoms with van der Waals surface area (Å²) < 4.78 is 23.7. The summed E-state index contributed by atoms with van der Waals surface area (Å²) in [6, 6.07) is 8.73. The van der Waals surface area contributed by atoms with Crippen molar-refractivity contribution in [2.24, 2.45) is 5.92 Å². The molecule has 0 spiro atoms. The van der Waals surface area contributed by atoms with Gasteiger partial charge in [0.15, 0.2) is 9.84 Å². The van der Waals surface area contributed by atoms with Gasteiger partial charge in [-0.15, -0.1) is 0 Å². The quantitative estimate of drug-likeness (QED) is 0.767. The van der Waals surface area contributed by atoms with Crippen molar-refractivity contribution >= 4 is 9.84 Å². The Morgan fingerprint density at radius 1 is 1.14 bits per heavy atom. The minimum absolute atomic E-state index is 0.330. The molecule has 1 aliphatic carbocycles. The van der Waals surface area contributed by atoms with Gasteiger partial charge in [-0.05, 0) is 30.9 Å². The second kappa shape index (κ2) is 3.73. The lowest BCUT2D eigenvalue weighted by atomic mass is 9.87. The second-order valence-corrected chi connectivity index (χ2v) is 5.93. The van der Waals surface area contributed by atoms with Crippen molar-refractivity contribution in [3.05, 3.63) is 30.3 Å². The molecule has 2 nitrogen and oxygen atoms in total. The minimum atomic E-state index is -3.02. The van der Waals surface area contributed by atoms with Crippen LogP contribution in [0.25, 0.3) is 0 Å². The molecule has 0 aliphatic heterocycles. The normalized spacial score (nSPS) is 17.7. The topological polar surface area (TPSA) is 34.1 Å². The zero-order valence-electron chi connectivity index (χ0n) is 8.02. The van der Waals surface area contributed by atoms with E-state index in [4.69, 9.17) is 0 Å². The summed E-state index contributed by atoms with van der Waals surface area (Å²) in [5.74, 6) is 0.733. The molecular formula is C11H14O2S. The Morgan fingerprint density at radius 3 is 2.29 bits per heavy atom. The van der Waals surface area contributed by atoms with Crippen molar-refractivity contribution in [1.82, 2.24) is 0 Å². The third-order valence-electron chi connectivity index (χ3n) is 2.78. The van der Waals surface area contributed by atoms with Gasteiger partial charge in [0.25, 0.3) is 0 Å². The maximum absolute atomic E-state index is 11.8. The molecule has 3 heteroatoms. The molecule has 0 N–H and O–H groups in total. The molecule has 1 saturated carbocycles. The SMILES string of the molecule is O=S(=O)(CC1CCC1)c1ccccc1. The first-order valence-electron chi connectivity index (χ1n) is 4.96. The highest BCUT2D eigenvalue weighted by atomic mass is 32.2. The summed E-state index contributed by atoms with van der Waals surface area (Å²) in [6.45, 7) is 0. The van der Waals surface area contributed by atoms with Crippen LogP contribution in [0.5, 0.6) is 0 Å². The molecule has 0 bridgehead atoms. The van der Waals surface area contributed by atoms with Crippen molar-refractivity contribution in [2.75, 3.05) is 5.75 Å². The fourth-order valence-electron chi connectivity index (χ4n) is 1.69. The average molecular weight is 210 g/mol. The molecule has 76 valence electrons. The summed E-state index contributed by atoms with van der Waals surface area (Å²) in [5.41, 5.74) is 0. The highest BCUT2D eigenvalue weighted by molar-refractivity contribution is 7.91. The predicted molar refractivity (Wildman–Crippen MR) is 55.8 cm³/mol. The van der Waals surface area contributed by atoms with E-state index in [-0.39, 0.29) is 0 Å². The molecule has 0 amide bonds. The lowest BCUT2D eigenvalue weighted by Crippen LogP contribution is -2.22. The van der Waals surface area contributed by atoms with Crippen molar-refractivity contribution in [3.63, 3.8) is 0 Å². The Morgan fingerprint density at radius 2 is 1.79 bits per heavy atom. The molecule has 0 atom stereocenters. The Balaban J connectivity index is 2.15. The molecule has 1 aromatic rings. The largest absolute Gasteiger partial charge is 0.224 e. The first kappa shape index (κ1) is 9.71. The van der Waals surface area contributed by atoms with Gasteiger partial charge in [0.2, 0.25) is 0 Å². The highest BCUT2D eigenvalue weighted by Crippen LogP contribution is 2.29. The van der Waals surface area contributed by atoms with E-state index < -0.39 is 9.84 Å². The van der Waals surface area contributed by atoms with E-state index >= 15 is 0 Å². The molecule has 0 aromatic heterocycles. The van der Waals surface area contributed by atoms with Crippen LogP contribution in [-0.2, 0) is 9.84 Å². The lowest BCUT2D eigenvalue weighted by Gasteiger charge is -2.24. The van der Waals surface area contributed by atoms with Crippen LogP contribution in [0.4, 0.5) is 0 Å². The summed E-state index contributed by atoms with van der Waals surface area (Å²) in [4.78, 5) is 0.465. The van der Waals surface area contributed by atoms with Crippen LogP contribution in [0.15, 0.2) is 35.2 Å². The van der Waals surface area contributed by atoms with Gasteiger partial charge in [0.05, 0.1) is 10.6 Å². The van der Waals surface area contributed by atoms with Crippen LogP contribution < -0.4 is 0 Å². The zero-order valence-corrected chi connectivity index (χ0v) is 8.83. The van der Waals surface area contributed by atoms with Crippen LogP contribution in [-0.4, -0.2) is 14.2 Å². The molecule has 0 saturated heterocycles. The van der Waals surface area contributed by atoms with Crippen LogP contribution in [0.2, 0.25) is 0 Å². The Hall–Kier alpha value is -0.830. The van der Waals surface area contributed by atoms with E-state index in [9.17, 15) is 8.42 Å². The number of hydrogen-bond acceptors (Lipinski definition) is 2. The monoisotopic (exact) mass is 210 g/mol. The fourth-order valence-corrected chi connectivity index (χ4v) is 3.41. The van der Waals surface area contributed by atoms with E-state index in [0.717, 1.165) is 12.8 Å². The molecule has 1 aliphatic rings. The third-order valence-corrected chi connectivity index (χ3v) is 4.68. The van der Waals surface area contributed by atoms with Gasteiger partial charge in [0.1, 0.15) is 0 Å². The summed E-state index contributed by atoms with van der Waals surface area (Å²) in [5, 5.41) is 0. The van der Waals surface area contributed by atoms with E-state index in [1.165, 1.54) is 6.42 Å². The van der Waals surface area contributed by atoms with Gasteiger partial charge in [-0.2, -0.15) is 0 Å². The standard InChI is InChI=1S/C11H14O2S/c12-14(13,9-10-5-4-6-10)11-7-2-1-3-8-11/h1-3,7-8,10H,4-6,9H2. The van der Waals surface area contributed by atoms with E-state index in [1.54, 1.807) is 24.3 Å². The molecule has 1 fully saturated rings. The number of rotatable bonds is 3. The maximum atomic E-state index is 11.8. The zero-order chi connectivity index (χ0) is 10.0. The average Bonchev–Trinajstić information content (AvgIpc) is 2.13. The van der Waals surface area contributed by atoms with E-state index in [2.05, 4.69) is 0 Å². The Labute approximate surface area is 84.9 Å². The molecule has 14 heavy (non-hydrogen) atoms. The first-order chi connectivity index (χ1) is 6.68. The second-order valence-electron chi connectivity index (χ2n) is 3.89. The molecule has 0 heterocycles. The van der Waals surface area contributed by atoms with Crippen LogP contribution in [0.1, 0.15) is 19.3 Å². The fraction of sp³-hybridized carbons (Fsp3) is 0.455. The third kappa shape index (κ3) is 1.98. The maximum Gasteiger partial charge on any atom is 0.178 e. The summed E-state index contributed by atoms with van der Waals surface area (Å²) in [6.07, 6.45) is 3.34. The van der Waals surface area contributed by atoms with Gasteiger partial charge >= 0.3 is 0 Å². The molecule has 0 unspecified atom stereocenters. The van der Waals surface area contributed by atoms with Crippen molar-refractivity contribution in [3.8, 4) is 0 Å². The van der Waals surface area contributed by atoms with Gasteiger partial charge in [-0.1, -0.05) is 24.6 Å². The van der Waals surface area contributed by atoms with Crippen molar-refractivity contribution in [1.29, 1.82) is 0 Å². The van der Waals surface area contributed by atoms with Crippen LogP contribution in [0.3, 0.4) is 0 Å². The minimum Gasteiger partial charge on any atom is -0.224 e. The Kier molecular flexibility index (Phi) is 2.59. The smallest absolute Gasteiger partial charge is 0.178 e. The molecular weight excluding hydrogens is 196 g/mol. The molecule has 2 rings (SSSR count). The van der Waals surface area contributed by atoms with Crippen molar-refractivity contribution in [2.45, 2.75) is 24.2 Å². The van der Waals surface area contributed by atoms with Crippen LogP contribution >= 0.6 is 0 Å². The first-order valence-corrected chi connectivity index (χ1v) is 6.61. The van der Waals surface area contributed by atoms with E-state index in [1.807, 2.05) is 6.07 Å². The van der Waals surface area contributed by atoms with Gasteiger partial charge in [-0.3, -0.25) is 0 Å². The molecule has 1 aromatic carbocycles. The van der Waals surface area contributed by atoms with Crippen molar-refractivity contribution < 1.29 is 8.42 Å². The lowest BCUT2D eigenvalue weighted by molar-refractivity contribution is 0.347. The highest BCUT2D eigenvalue weighted by Gasteiger charge is 2.25. The van der Waals surface area contributed by atoms with Gasteiger partial charge in [-0.25, -0.2) is 8.42 Å². The summed E-state index contributed by atoms with van der Waals surface area (Å²) >= 11 is 0. The Bertz CT molecular complexity index is 391. The number of sulfone groups is 1. The van der Waals surface area contributed by atoms with Gasteiger partial charge < -0.3 is 0 Å². The van der Waals surface area contributed by atoms with Gasteiger partial charge in [0, 0.05) is 0 Å². The predicted octanol–water partition coefficient (Wildman–Crippen LogP) is 2.26. The van der Waals surface area contributed by atoms with E-state index in [0.29, 0.717) is 16.6 Å². The number of hydrogen-bond donors (Lipinski definition) is 0. The molecule has 0 radical (unpaired) electrons. The summed E-state index contributed by atoms with van der Waals surface area (Å²) in [7, 11) is -3.02. The van der Waals surface area contributed by atoms with Crippen LogP contribution in [0, 0.1) is 5.92 Å².